The van der Waals surface area contributed by atoms with E-state index in [-0.39, 0.29) is 11.4 Å². The lowest BCUT2D eigenvalue weighted by atomic mass is 9.79. The topological polar surface area (TPSA) is 26.3 Å². The molecule has 0 unspecified atom stereocenters. The number of allylic oxidation sites excluding steroid dienone is 1. The van der Waals surface area contributed by atoms with Crippen LogP contribution in [-0.2, 0) is 9.53 Å². The molecule has 2 nitrogen and oxygen atoms in total. The largest absolute Gasteiger partial charge is 0.466 e. The van der Waals surface area contributed by atoms with E-state index in [1.165, 1.54) is 0 Å². The summed E-state index contributed by atoms with van der Waals surface area (Å²) < 4.78 is 4.85. The first kappa shape index (κ1) is 8.31. The monoisotopic (exact) mass is 154 g/mol. The Morgan fingerprint density at radius 3 is 3.09 bits per heavy atom. The van der Waals surface area contributed by atoms with Crippen LogP contribution in [0.5, 0.6) is 0 Å². The van der Waals surface area contributed by atoms with E-state index in [1.54, 1.807) is 0 Å². The van der Waals surface area contributed by atoms with Crippen molar-refractivity contribution in [2.45, 2.75) is 26.2 Å². The molecule has 0 spiro atoms. The van der Waals surface area contributed by atoms with Crippen LogP contribution in [0.25, 0.3) is 0 Å². The molecule has 0 aromatic carbocycles. The number of carbonyl (C=O) groups is 1. The van der Waals surface area contributed by atoms with E-state index in [1.807, 2.05) is 6.08 Å². The van der Waals surface area contributed by atoms with Crippen molar-refractivity contribution in [3.63, 3.8) is 0 Å². The van der Waals surface area contributed by atoms with Crippen molar-refractivity contribution in [1.82, 2.24) is 0 Å². The number of hydrogen-bond acceptors (Lipinski definition) is 2. The summed E-state index contributed by atoms with van der Waals surface area (Å²) in [6.45, 7) is 6.35. The van der Waals surface area contributed by atoms with Crippen LogP contribution in [0.1, 0.15) is 26.2 Å². The molecule has 0 aromatic heterocycles. The van der Waals surface area contributed by atoms with E-state index in [4.69, 9.17) is 4.74 Å². The van der Waals surface area contributed by atoms with Crippen molar-refractivity contribution in [1.29, 1.82) is 0 Å². The molecule has 2 heteroatoms. The van der Waals surface area contributed by atoms with Crippen LogP contribution >= 0.6 is 0 Å². The van der Waals surface area contributed by atoms with Gasteiger partial charge in [0.25, 0.3) is 0 Å². The fraction of sp³-hybridized carbons (Fsp3) is 0.667. The maximum atomic E-state index is 10.9. The average Bonchev–Trinajstić information content (AvgIpc) is 1.86. The summed E-state index contributed by atoms with van der Waals surface area (Å²) in [7, 11) is 0. The fourth-order valence-electron chi connectivity index (χ4n) is 1.42. The number of carbonyl (C=O) groups excluding carboxylic acids is 1. The summed E-state index contributed by atoms with van der Waals surface area (Å²) in [5, 5.41) is 0. The van der Waals surface area contributed by atoms with Gasteiger partial charge in [-0.2, -0.15) is 0 Å². The Morgan fingerprint density at radius 2 is 2.55 bits per heavy atom. The molecule has 0 radical (unpaired) electrons. The third-order valence-electron chi connectivity index (χ3n) is 2.18. The SMILES string of the molecule is C=CC[C@]1(C)CCOC(=O)C1. The number of cyclic esters (lactones) is 1. The Morgan fingerprint density at radius 1 is 1.82 bits per heavy atom. The number of hydrogen-bond donors (Lipinski definition) is 0. The number of rotatable bonds is 2. The van der Waals surface area contributed by atoms with Crippen LogP contribution in [0.3, 0.4) is 0 Å². The molecule has 1 saturated heterocycles. The van der Waals surface area contributed by atoms with Gasteiger partial charge < -0.3 is 4.74 Å². The molecule has 0 aliphatic carbocycles. The van der Waals surface area contributed by atoms with E-state index in [0.717, 1.165) is 12.8 Å². The Balaban J connectivity index is 2.54. The molecular weight excluding hydrogens is 140 g/mol. The summed E-state index contributed by atoms with van der Waals surface area (Å²) in [5.74, 6) is -0.0689. The first-order chi connectivity index (χ1) is 5.16. The van der Waals surface area contributed by atoms with Gasteiger partial charge in [-0.15, -0.1) is 6.58 Å². The normalized spacial score (nSPS) is 31.2. The van der Waals surface area contributed by atoms with Crippen molar-refractivity contribution < 1.29 is 9.53 Å². The molecule has 1 atom stereocenters. The first-order valence-corrected chi connectivity index (χ1v) is 3.93. The summed E-state index contributed by atoms with van der Waals surface area (Å²) in [5.41, 5.74) is 0.108. The third-order valence-corrected chi connectivity index (χ3v) is 2.18. The zero-order chi connectivity index (χ0) is 8.32. The lowest BCUT2D eigenvalue weighted by Gasteiger charge is -2.31. The van der Waals surface area contributed by atoms with Crippen LogP contribution in [0.15, 0.2) is 12.7 Å². The smallest absolute Gasteiger partial charge is 0.306 e. The zero-order valence-corrected chi connectivity index (χ0v) is 6.93. The summed E-state index contributed by atoms with van der Waals surface area (Å²) in [6.07, 6.45) is 4.28. The van der Waals surface area contributed by atoms with Gasteiger partial charge in [0, 0.05) is 0 Å². The molecule has 0 bridgehead atoms. The molecule has 1 aliphatic rings. The third kappa shape index (κ3) is 2.07. The minimum atomic E-state index is -0.0689. The van der Waals surface area contributed by atoms with Crippen molar-refractivity contribution in [2.24, 2.45) is 5.41 Å². The van der Waals surface area contributed by atoms with Gasteiger partial charge in [0.05, 0.1) is 13.0 Å². The van der Waals surface area contributed by atoms with Crippen LogP contribution in [0, 0.1) is 5.41 Å². The highest BCUT2D eigenvalue weighted by Crippen LogP contribution is 2.33. The van der Waals surface area contributed by atoms with E-state index >= 15 is 0 Å². The molecule has 11 heavy (non-hydrogen) atoms. The van der Waals surface area contributed by atoms with Crippen LogP contribution in [0.4, 0.5) is 0 Å². The van der Waals surface area contributed by atoms with Gasteiger partial charge in [-0.3, -0.25) is 4.79 Å². The summed E-state index contributed by atoms with van der Waals surface area (Å²) >= 11 is 0. The predicted molar refractivity (Wildman–Crippen MR) is 43.1 cm³/mol. The van der Waals surface area contributed by atoms with E-state index in [0.29, 0.717) is 13.0 Å². The van der Waals surface area contributed by atoms with Gasteiger partial charge >= 0.3 is 5.97 Å². The maximum Gasteiger partial charge on any atom is 0.306 e. The number of ether oxygens (including phenoxy) is 1. The van der Waals surface area contributed by atoms with Gasteiger partial charge in [0.2, 0.25) is 0 Å². The second-order valence-corrected chi connectivity index (χ2v) is 3.45. The average molecular weight is 154 g/mol. The Bertz CT molecular complexity index is 174. The molecular formula is C9H14O2. The minimum absolute atomic E-state index is 0.0689. The molecule has 0 amide bonds. The maximum absolute atomic E-state index is 10.9. The van der Waals surface area contributed by atoms with Gasteiger partial charge in [-0.05, 0) is 18.3 Å². The Labute approximate surface area is 67.2 Å². The molecule has 0 aromatic rings. The van der Waals surface area contributed by atoms with Gasteiger partial charge in [-0.1, -0.05) is 13.0 Å². The second-order valence-electron chi connectivity index (χ2n) is 3.45. The van der Waals surface area contributed by atoms with E-state index < -0.39 is 0 Å². The zero-order valence-electron chi connectivity index (χ0n) is 6.93. The highest BCUT2D eigenvalue weighted by atomic mass is 16.5. The molecule has 0 saturated carbocycles. The fourth-order valence-corrected chi connectivity index (χ4v) is 1.42. The van der Waals surface area contributed by atoms with Crippen molar-refractivity contribution in [3.8, 4) is 0 Å². The summed E-state index contributed by atoms with van der Waals surface area (Å²) in [4.78, 5) is 10.9. The predicted octanol–water partition coefficient (Wildman–Crippen LogP) is 1.91. The van der Waals surface area contributed by atoms with Crippen LogP contribution < -0.4 is 0 Å². The van der Waals surface area contributed by atoms with Crippen LogP contribution in [-0.4, -0.2) is 12.6 Å². The van der Waals surface area contributed by atoms with Gasteiger partial charge in [0.15, 0.2) is 0 Å². The van der Waals surface area contributed by atoms with Crippen molar-refractivity contribution in [3.05, 3.63) is 12.7 Å². The van der Waals surface area contributed by atoms with Crippen molar-refractivity contribution in [2.75, 3.05) is 6.61 Å². The Kier molecular flexibility index (Phi) is 2.32. The second kappa shape index (κ2) is 3.07. The molecule has 1 aliphatic heterocycles. The lowest BCUT2D eigenvalue weighted by Crippen LogP contribution is -2.29. The molecule has 62 valence electrons. The Hall–Kier alpha value is -0.790. The van der Waals surface area contributed by atoms with Crippen LogP contribution in [0.2, 0.25) is 0 Å². The first-order valence-electron chi connectivity index (χ1n) is 3.93. The standard InChI is InChI=1S/C9H14O2/c1-3-4-9(2)5-6-11-8(10)7-9/h3H,1,4-7H2,2H3/t9-/m1/s1. The summed E-state index contributed by atoms with van der Waals surface area (Å²) in [6, 6.07) is 0. The molecule has 1 heterocycles. The minimum Gasteiger partial charge on any atom is -0.466 e. The molecule has 1 fully saturated rings. The lowest BCUT2D eigenvalue weighted by molar-refractivity contribution is -0.152. The van der Waals surface area contributed by atoms with Gasteiger partial charge in [-0.25, -0.2) is 0 Å². The highest BCUT2D eigenvalue weighted by Gasteiger charge is 2.30. The molecule has 0 N–H and O–H groups in total. The van der Waals surface area contributed by atoms with E-state index in [9.17, 15) is 4.79 Å². The quantitative estimate of drug-likeness (QED) is 0.448. The number of esters is 1. The van der Waals surface area contributed by atoms with Gasteiger partial charge in [0.1, 0.15) is 0 Å². The van der Waals surface area contributed by atoms with E-state index in [2.05, 4.69) is 13.5 Å². The highest BCUT2D eigenvalue weighted by molar-refractivity contribution is 5.71. The molecule has 1 rings (SSSR count). The van der Waals surface area contributed by atoms with Crippen molar-refractivity contribution >= 4 is 5.97 Å².